The maximum atomic E-state index is 13.7. The summed E-state index contributed by atoms with van der Waals surface area (Å²) in [6.07, 6.45) is 0.0795. The standard InChI is InChI=1S/C18H18F2N4O4/c19-18(20)8-23(7-12(18)21)6-9-2-1-3-10-14(9)17(28)24(16(10)27)11-4-5-13(25)22-15(11)26/h1-3,11-12H,4-8,21H2,(H,22,25,26). The third-order valence-corrected chi connectivity index (χ3v) is 5.38. The predicted molar refractivity (Wildman–Crippen MR) is 91.3 cm³/mol. The Labute approximate surface area is 158 Å². The van der Waals surface area contributed by atoms with E-state index in [1.165, 1.54) is 11.0 Å². The Hall–Kier alpha value is -2.72. The van der Waals surface area contributed by atoms with Crippen molar-refractivity contribution in [2.75, 3.05) is 13.1 Å². The zero-order valence-corrected chi connectivity index (χ0v) is 14.8. The molecule has 2 unspecified atom stereocenters. The second-order valence-corrected chi connectivity index (χ2v) is 7.32. The van der Waals surface area contributed by atoms with Gasteiger partial charge in [0.2, 0.25) is 11.8 Å². The van der Waals surface area contributed by atoms with Gasteiger partial charge in [-0.25, -0.2) is 8.78 Å². The minimum atomic E-state index is -3.02. The molecule has 2 fully saturated rings. The first-order valence-corrected chi connectivity index (χ1v) is 8.88. The molecule has 10 heteroatoms. The van der Waals surface area contributed by atoms with Crippen LogP contribution in [-0.4, -0.2) is 64.5 Å². The van der Waals surface area contributed by atoms with Crippen LogP contribution >= 0.6 is 0 Å². The Morgan fingerprint density at radius 2 is 1.93 bits per heavy atom. The molecule has 2 atom stereocenters. The van der Waals surface area contributed by atoms with Gasteiger partial charge in [-0.2, -0.15) is 0 Å². The van der Waals surface area contributed by atoms with Crippen LogP contribution in [0.25, 0.3) is 0 Å². The summed E-state index contributed by atoms with van der Waals surface area (Å²) in [5.41, 5.74) is 6.14. The molecule has 8 nitrogen and oxygen atoms in total. The number of carbonyl (C=O) groups is 4. The van der Waals surface area contributed by atoms with Gasteiger partial charge in [0.15, 0.2) is 0 Å². The topological polar surface area (TPSA) is 113 Å². The SMILES string of the molecule is NC1CN(Cc2cccc3c2C(=O)N(C2CCC(=O)NC2=O)C3=O)CC1(F)F. The van der Waals surface area contributed by atoms with Crippen LogP contribution in [-0.2, 0) is 16.1 Å². The van der Waals surface area contributed by atoms with Crippen molar-refractivity contribution in [1.29, 1.82) is 0 Å². The number of halogens is 2. The number of hydrogen-bond acceptors (Lipinski definition) is 6. The number of piperidine rings is 1. The van der Waals surface area contributed by atoms with Crippen molar-refractivity contribution >= 4 is 23.6 Å². The van der Waals surface area contributed by atoms with Gasteiger partial charge in [0, 0.05) is 19.5 Å². The highest BCUT2D eigenvalue weighted by atomic mass is 19.3. The number of likely N-dealkylation sites (tertiary alicyclic amines) is 1. The van der Waals surface area contributed by atoms with Crippen molar-refractivity contribution in [1.82, 2.24) is 15.1 Å². The van der Waals surface area contributed by atoms with Gasteiger partial charge in [-0.15, -0.1) is 0 Å². The van der Waals surface area contributed by atoms with Gasteiger partial charge in [0.05, 0.1) is 23.7 Å². The molecule has 0 saturated carbocycles. The van der Waals surface area contributed by atoms with Gasteiger partial charge in [-0.1, -0.05) is 12.1 Å². The van der Waals surface area contributed by atoms with E-state index in [1.807, 2.05) is 0 Å². The summed E-state index contributed by atoms with van der Waals surface area (Å²) in [4.78, 5) is 51.5. The summed E-state index contributed by atoms with van der Waals surface area (Å²) in [6, 6.07) is 2.28. The zero-order valence-electron chi connectivity index (χ0n) is 14.8. The van der Waals surface area contributed by atoms with E-state index in [0.717, 1.165) is 4.90 Å². The van der Waals surface area contributed by atoms with Crippen LogP contribution in [0.5, 0.6) is 0 Å². The molecule has 1 aromatic rings. The molecule has 0 aliphatic carbocycles. The van der Waals surface area contributed by atoms with E-state index < -0.39 is 48.2 Å². The highest BCUT2D eigenvalue weighted by Crippen LogP contribution is 2.32. The van der Waals surface area contributed by atoms with E-state index >= 15 is 0 Å². The third kappa shape index (κ3) is 2.89. The number of nitrogens with two attached hydrogens (primary N) is 1. The highest BCUT2D eigenvalue weighted by molar-refractivity contribution is 6.24. The Morgan fingerprint density at radius 3 is 2.57 bits per heavy atom. The Balaban J connectivity index is 1.62. The van der Waals surface area contributed by atoms with Crippen LogP contribution in [0.2, 0.25) is 0 Å². The number of nitrogens with one attached hydrogen (secondary N) is 1. The average Bonchev–Trinajstić information content (AvgIpc) is 3.02. The van der Waals surface area contributed by atoms with Crippen molar-refractivity contribution in [3.63, 3.8) is 0 Å². The smallest absolute Gasteiger partial charge is 0.276 e. The normalized spacial score (nSPS) is 27.3. The molecule has 0 bridgehead atoms. The lowest BCUT2D eigenvalue weighted by atomic mass is 10.0. The van der Waals surface area contributed by atoms with E-state index in [1.54, 1.807) is 12.1 Å². The first-order chi connectivity index (χ1) is 13.2. The first-order valence-electron chi connectivity index (χ1n) is 8.88. The second kappa shape index (κ2) is 6.42. The van der Waals surface area contributed by atoms with E-state index in [-0.39, 0.29) is 37.1 Å². The monoisotopic (exact) mass is 392 g/mol. The fourth-order valence-electron chi connectivity index (χ4n) is 3.97. The first kappa shape index (κ1) is 18.6. The summed E-state index contributed by atoms with van der Waals surface area (Å²) in [6.45, 7) is -0.527. The van der Waals surface area contributed by atoms with E-state index in [2.05, 4.69) is 5.32 Å². The maximum Gasteiger partial charge on any atom is 0.276 e. The lowest BCUT2D eigenvalue weighted by Crippen LogP contribution is -2.54. The summed E-state index contributed by atoms with van der Waals surface area (Å²) in [5.74, 6) is -5.45. The molecule has 0 aromatic heterocycles. The number of imide groups is 2. The largest absolute Gasteiger partial charge is 0.322 e. The minimum Gasteiger partial charge on any atom is -0.322 e. The molecule has 148 valence electrons. The van der Waals surface area contributed by atoms with Crippen molar-refractivity contribution in [2.45, 2.75) is 37.4 Å². The molecule has 3 aliphatic rings. The summed E-state index contributed by atoms with van der Waals surface area (Å²) in [5, 5.41) is 2.13. The third-order valence-electron chi connectivity index (χ3n) is 5.38. The van der Waals surface area contributed by atoms with Gasteiger partial charge in [0.25, 0.3) is 17.7 Å². The van der Waals surface area contributed by atoms with E-state index in [9.17, 15) is 28.0 Å². The lowest BCUT2D eigenvalue weighted by molar-refractivity contribution is -0.136. The van der Waals surface area contributed by atoms with Crippen molar-refractivity contribution in [2.24, 2.45) is 5.73 Å². The number of carbonyl (C=O) groups excluding carboxylic acids is 4. The molecule has 1 aromatic carbocycles. The number of amides is 4. The molecule has 28 heavy (non-hydrogen) atoms. The second-order valence-electron chi connectivity index (χ2n) is 7.32. The number of fused-ring (bicyclic) bond motifs is 1. The van der Waals surface area contributed by atoms with Crippen LogP contribution in [0.1, 0.15) is 39.1 Å². The lowest BCUT2D eigenvalue weighted by Gasteiger charge is -2.28. The van der Waals surface area contributed by atoms with Crippen molar-refractivity contribution in [3.05, 3.63) is 34.9 Å². The van der Waals surface area contributed by atoms with Crippen LogP contribution in [0.15, 0.2) is 18.2 Å². The number of alkyl halides is 2. The quantitative estimate of drug-likeness (QED) is 0.693. The molecular weight excluding hydrogens is 374 g/mol. The zero-order chi connectivity index (χ0) is 20.2. The number of nitrogens with zero attached hydrogens (tertiary/aromatic N) is 2. The van der Waals surface area contributed by atoms with Gasteiger partial charge >= 0.3 is 0 Å². The van der Waals surface area contributed by atoms with Crippen LogP contribution < -0.4 is 11.1 Å². The van der Waals surface area contributed by atoms with Crippen LogP contribution in [0.4, 0.5) is 8.78 Å². The van der Waals surface area contributed by atoms with E-state index in [0.29, 0.717) is 5.56 Å². The van der Waals surface area contributed by atoms with Gasteiger partial charge in [-0.3, -0.25) is 34.3 Å². The molecule has 2 saturated heterocycles. The molecular formula is C18H18F2N4O4. The van der Waals surface area contributed by atoms with Crippen LogP contribution in [0, 0.1) is 0 Å². The van der Waals surface area contributed by atoms with E-state index in [4.69, 9.17) is 5.73 Å². The molecule has 0 spiro atoms. The van der Waals surface area contributed by atoms with Crippen molar-refractivity contribution in [3.8, 4) is 0 Å². The number of hydrogen-bond donors (Lipinski definition) is 2. The van der Waals surface area contributed by atoms with Gasteiger partial charge in [-0.05, 0) is 18.1 Å². The minimum absolute atomic E-state index is 0.0252. The number of benzene rings is 1. The molecule has 4 rings (SSSR count). The summed E-state index contributed by atoms with van der Waals surface area (Å²) < 4.78 is 27.4. The molecule has 0 radical (unpaired) electrons. The Kier molecular flexibility index (Phi) is 4.27. The van der Waals surface area contributed by atoms with Crippen molar-refractivity contribution < 1.29 is 28.0 Å². The molecule has 4 amide bonds. The fraction of sp³-hybridized carbons (Fsp3) is 0.444. The number of rotatable bonds is 3. The van der Waals surface area contributed by atoms with Gasteiger partial charge < -0.3 is 5.73 Å². The fourth-order valence-corrected chi connectivity index (χ4v) is 3.97. The summed E-state index contributed by atoms with van der Waals surface area (Å²) in [7, 11) is 0. The van der Waals surface area contributed by atoms with Crippen LogP contribution in [0.3, 0.4) is 0 Å². The molecule has 3 N–H and O–H groups in total. The molecule has 3 aliphatic heterocycles. The van der Waals surface area contributed by atoms with Gasteiger partial charge in [0.1, 0.15) is 6.04 Å². The average molecular weight is 392 g/mol. The Bertz CT molecular complexity index is 904. The molecule has 3 heterocycles. The summed E-state index contributed by atoms with van der Waals surface area (Å²) >= 11 is 0. The maximum absolute atomic E-state index is 13.7. The highest BCUT2D eigenvalue weighted by Gasteiger charge is 2.48. The Morgan fingerprint density at radius 1 is 1.18 bits per heavy atom. The predicted octanol–water partition coefficient (Wildman–Crippen LogP) is -0.134.